The quantitative estimate of drug-likeness (QED) is 0.929. The van der Waals surface area contributed by atoms with Gasteiger partial charge in [-0.05, 0) is 46.8 Å². The SMILES string of the molecule is CCc1c(CCC(=O)[O-])cc(C(C)(C)C)c(O)c1C(C)(C)C. The molecule has 0 aliphatic heterocycles. The number of aryl methyl sites for hydroxylation is 1. The first-order valence-electron chi connectivity index (χ1n) is 7.98. The third kappa shape index (κ3) is 4.02. The van der Waals surface area contributed by atoms with Crippen LogP contribution in [0.5, 0.6) is 5.75 Å². The van der Waals surface area contributed by atoms with Crippen molar-refractivity contribution in [3.8, 4) is 5.75 Å². The Labute approximate surface area is 134 Å². The summed E-state index contributed by atoms with van der Waals surface area (Å²) in [7, 11) is 0. The maximum atomic E-state index is 10.8. The number of aromatic hydroxyl groups is 1. The number of hydrogen-bond donors (Lipinski definition) is 1. The summed E-state index contributed by atoms with van der Waals surface area (Å²) in [6.45, 7) is 14.5. The van der Waals surface area contributed by atoms with E-state index in [0.717, 1.165) is 28.7 Å². The van der Waals surface area contributed by atoms with Crippen LogP contribution in [-0.2, 0) is 28.5 Å². The van der Waals surface area contributed by atoms with Crippen LogP contribution in [0.1, 0.15) is 77.1 Å². The van der Waals surface area contributed by atoms with Crippen LogP contribution in [0.3, 0.4) is 0 Å². The van der Waals surface area contributed by atoms with Crippen molar-refractivity contribution in [2.24, 2.45) is 0 Å². The first-order valence-corrected chi connectivity index (χ1v) is 7.98. The summed E-state index contributed by atoms with van der Waals surface area (Å²) in [5.41, 5.74) is 3.50. The first kappa shape index (κ1) is 18.5. The molecule has 0 spiro atoms. The minimum Gasteiger partial charge on any atom is -0.550 e. The van der Waals surface area contributed by atoms with E-state index in [-0.39, 0.29) is 17.3 Å². The van der Waals surface area contributed by atoms with Crippen molar-refractivity contribution in [1.29, 1.82) is 0 Å². The Balaban J connectivity index is 3.66. The molecule has 1 aromatic rings. The van der Waals surface area contributed by atoms with Crippen molar-refractivity contribution in [2.75, 3.05) is 0 Å². The van der Waals surface area contributed by atoms with E-state index in [0.29, 0.717) is 12.2 Å². The van der Waals surface area contributed by atoms with Gasteiger partial charge in [0.25, 0.3) is 0 Å². The predicted molar refractivity (Wildman–Crippen MR) is 88.2 cm³/mol. The number of rotatable bonds is 4. The molecule has 0 aliphatic rings. The van der Waals surface area contributed by atoms with E-state index >= 15 is 0 Å². The zero-order chi connectivity index (χ0) is 17.3. The van der Waals surface area contributed by atoms with Gasteiger partial charge in [0.15, 0.2) is 0 Å². The van der Waals surface area contributed by atoms with Crippen LogP contribution in [-0.4, -0.2) is 11.1 Å². The highest BCUT2D eigenvalue weighted by Gasteiger charge is 2.29. The molecular formula is C19H29O3-. The Kier molecular flexibility index (Phi) is 5.32. The van der Waals surface area contributed by atoms with Crippen molar-refractivity contribution < 1.29 is 15.0 Å². The van der Waals surface area contributed by atoms with Gasteiger partial charge < -0.3 is 15.0 Å². The topological polar surface area (TPSA) is 60.4 Å². The Hall–Kier alpha value is -1.51. The van der Waals surface area contributed by atoms with Gasteiger partial charge in [0.2, 0.25) is 0 Å². The van der Waals surface area contributed by atoms with Crippen molar-refractivity contribution in [3.05, 3.63) is 28.3 Å². The van der Waals surface area contributed by atoms with E-state index < -0.39 is 5.97 Å². The van der Waals surface area contributed by atoms with Gasteiger partial charge in [-0.25, -0.2) is 0 Å². The molecule has 1 N–H and O–H groups in total. The molecule has 0 saturated carbocycles. The third-order valence-electron chi connectivity index (χ3n) is 4.01. The summed E-state index contributed by atoms with van der Waals surface area (Å²) in [5, 5.41) is 21.7. The molecule has 0 atom stereocenters. The van der Waals surface area contributed by atoms with E-state index in [1.54, 1.807) is 0 Å². The number of phenolic OH excluding ortho intramolecular Hbond substituents is 1. The zero-order valence-corrected chi connectivity index (χ0v) is 15.0. The number of hydrogen-bond acceptors (Lipinski definition) is 3. The van der Waals surface area contributed by atoms with Gasteiger partial charge in [0.05, 0.1) is 0 Å². The van der Waals surface area contributed by atoms with Gasteiger partial charge in [-0.3, -0.25) is 0 Å². The smallest absolute Gasteiger partial charge is 0.123 e. The average Bonchev–Trinajstić information content (AvgIpc) is 2.33. The molecule has 0 unspecified atom stereocenters. The molecule has 22 heavy (non-hydrogen) atoms. The summed E-state index contributed by atoms with van der Waals surface area (Å²) in [6.07, 6.45) is 1.22. The molecule has 3 nitrogen and oxygen atoms in total. The largest absolute Gasteiger partial charge is 0.550 e. The Morgan fingerprint density at radius 1 is 1.14 bits per heavy atom. The van der Waals surface area contributed by atoms with Crippen molar-refractivity contribution in [1.82, 2.24) is 0 Å². The summed E-state index contributed by atoms with van der Waals surface area (Å²) in [4.78, 5) is 10.8. The number of carbonyl (C=O) groups excluding carboxylic acids is 1. The number of benzene rings is 1. The molecule has 0 aromatic heterocycles. The molecule has 0 radical (unpaired) electrons. The molecule has 0 bridgehead atoms. The second-order valence-corrected chi connectivity index (χ2v) is 8.01. The van der Waals surface area contributed by atoms with Gasteiger partial charge >= 0.3 is 0 Å². The molecule has 1 aromatic carbocycles. The van der Waals surface area contributed by atoms with E-state index in [4.69, 9.17) is 0 Å². The van der Waals surface area contributed by atoms with Gasteiger partial charge in [0, 0.05) is 11.5 Å². The fourth-order valence-corrected chi connectivity index (χ4v) is 3.01. The summed E-state index contributed by atoms with van der Waals surface area (Å²) >= 11 is 0. The van der Waals surface area contributed by atoms with Gasteiger partial charge in [0.1, 0.15) is 5.75 Å². The van der Waals surface area contributed by atoms with Gasteiger partial charge in [-0.15, -0.1) is 0 Å². The molecular weight excluding hydrogens is 276 g/mol. The third-order valence-corrected chi connectivity index (χ3v) is 4.01. The fourth-order valence-electron chi connectivity index (χ4n) is 3.01. The summed E-state index contributed by atoms with van der Waals surface area (Å²) in [6, 6.07) is 1.98. The normalized spacial score (nSPS) is 12.5. The molecule has 3 heteroatoms. The Bertz CT molecular complexity index is 558. The minimum atomic E-state index is -1.04. The highest BCUT2D eigenvalue weighted by molar-refractivity contribution is 5.65. The zero-order valence-electron chi connectivity index (χ0n) is 15.0. The Morgan fingerprint density at radius 2 is 1.68 bits per heavy atom. The monoisotopic (exact) mass is 305 g/mol. The standard InChI is InChI=1S/C19H30O3/c1-8-13-12(9-10-15(20)21)11-14(18(2,3)4)17(22)16(13)19(5,6)7/h11,22H,8-10H2,1-7H3,(H,20,21)/p-1. The van der Waals surface area contributed by atoms with Crippen LogP contribution in [0, 0.1) is 0 Å². The molecule has 0 saturated heterocycles. The number of phenols is 1. The lowest BCUT2D eigenvalue weighted by atomic mass is 9.74. The molecule has 0 amide bonds. The van der Waals surface area contributed by atoms with Crippen molar-refractivity contribution in [3.63, 3.8) is 0 Å². The van der Waals surface area contributed by atoms with Gasteiger partial charge in [-0.2, -0.15) is 0 Å². The minimum absolute atomic E-state index is 0.00490. The Morgan fingerprint density at radius 3 is 2.05 bits per heavy atom. The molecule has 0 heterocycles. The first-order chi connectivity index (χ1) is 9.89. The van der Waals surface area contributed by atoms with Crippen LogP contribution in [0.4, 0.5) is 0 Å². The maximum absolute atomic E-state index is 10.8. The lowest BCUT2D eigenvalue weighted by Gasteiger charge is -2.31. The second-order valence-electron chi connectivity index (χ2n) is 8.01. The van der Waals surface area contributed by atoms with Crippen LogP contribution in [0.25, 0.3) is 0 Å². The fraction of sp³-hybridized carbons (Fsp3) is 0.632. The van der Waals surface area contributed by atoms with Crippen LogP contribution >= 0.6 is 0 Å². The van der Waals surface area contributed by atoms with E-state index in [9.17, 15) is 15.0 Å². The lowest BCUT2D eigenvalue weighted by molar-refractivity contribution is -0.305. The summed E-state index contributed by atoms with van der Waals surface area (Å²) < 4.78 is 0. The summed E-state index contributed by atoms with van der Waals surface area (Å²) in [5.74, 6) is -0.682. The van der Waals surface area contributed by atoms with Crippen LogP contribution < -0.4 is 5.11 Å². The average molecular weight is 305 g/mol. The van der Waals surface area contributed by atoms with E-state index in [2.05, 4.69) is 41.5 Å². The molecule has 0 aliphatic carbocycles. The molecule has 124 valence electrons. The van der Waals surface area contributed by atoms with Crippen molar-refractivity contribution in [2.45, 2.75) is 78.6 Å². The van der Waals surface area contributed by atoms with E-state index in [1.165, 1.54) is 0 Å². The predicted octanol–water partition coefficient (Wildman–Crippen LogP) is 3.23. The number of carbonyl (C=O) groups is 1. The number of carboxylic acid groups (broad SMARTS) is 1. The highest BCUT2D eigenvalue weighted by Crippen LogP contribution is 2.42. The van der Waals surface area contributed by atoms with Crippen LogP contribution in [0.2, 0.25) is 0 Å². The van der Waals surface area contributed by atoms with Crippen LogP contribution in [0.15, 0.2) is 6.07 Å². The van der Waals surface area contributed by atoms with E-state index in [1.807, 2.05) is 13.0 Å². The lowest BCUT2D eigenvalue weighted by Crippen LogP contribution is -2.24. The highest BCUT2D eigenvalue weighted by atomic mass is 16.4. The second kappa shape index (κ2) is 6.31. The maximum Gasteiger partial charge on any atom is 0.123 e. The molecule has 0 fully saturated rings. The number of aliphatic carboxylic acids is 1. The number of carboxylic acids is 1. The molecule has 1 rings (SSSR count). The van der Waals surface area contributed by atoms with Gasteiger partial charge in [-0.1, -0.05) is 54.5 Å². The van der Waals surface area contributed by atoms with Crippen molar-refractivity contribution >= 4 is 5.97 Å².